The third-order valence-electron chi connectivity index (χ3n) is 4.62. The lowest BCUT2D eigenvalue weighted by Gasteiger charge is -2.25. The molecule has 124 valence electrons. The molecule has 0 aromatic heterocycles. The second-order valence-corrected chi connectivity index (χ2v) is 10.2. The summed E-state index contributed by atoms with van der Waals surface area (Å²) in [6, 6.07) is 1.19. The Morgan fingerprint density at radius 1 is 1.05 bits per heavy atom. The largest absolute Gasteiger partial charge is 0.465 e. The Balaban J connectivity index is 1.90. The molecular weight excluding hydrogens is 296 g/mol. The lowest BCUT2D eigenvalue weighted by molar-refractivity contribution is -0.161. The monoisotopic (exact) mass is 324 g/mol. The number of allylic oxidation sites excluding steroid dienone is 2. The van der Waals surface area contributed by atoms with Crippen LogP contribution in [0.5, 0.6) is 0 Å². The Labute approximate surface area is 134 Å². The number of rotatable bonds is 8. The first-order valence-electron chi connectivity index (χ1n) is 8.56. The molecule has 1 saturated carbocycles. The molecule has 0 radical (unpaired) electrons. The van der Waals surface area contributed by atoms with Crippen molar-refractivity contribution in [3.05, 3.63) is 12.2 Å². The topological polar surface area (TPSA) is 52.6 Å². The highest BCUT2D eigenvalue weighted by Gasteiger charge is 2.53. The van der Waals surface area contributed by atoms with Gasteiger partial charge in [-0.15, -0.1) is 0 Å². The summed E-state index contributed by atoms with van der Waals surface area (Å²) in [5.41, 5.74) is 0. The number of carbonyl (C=O) groups is 2. The summed E-state index contributed by atoms with van der Waals surface area (Å²) < 4.78 is 10.7. The van der Waals surface area contributed by atoms with E-state index in [9.17, 15) is 9.59 Å². The Bertz CT molecular complexity index is 432. The van der Waals surface area contributed by atoms with E-state index in [-0.39, 0.29) is 35.6 Å². The zero-order chi connectivity index (χ0) is 16.1. The van der Waals surface area contributed by atoms with Gasteiger partial charge in [0.25, 0.3) is 0 Å². The highest BCUT2D eigenvalue weighted by Crippen LogP contribution is 2.49. The Hall–Kier alpha value is -1.10. The van der Waals surface area contributed by atoms with Crippen LogP contribution in [0.1, 0.15) is 26.2 Å². The zero-order valence-electron chi connectivity index (χ0n) is 13.9. The fourth-order valence-electron chi connectivity index (χ4n) is 3.52. The first-order chi connectivity index (χ1) is 10.5. The van der Waals surface area contributed by atoms with Crippen molar-refractivity contribution < 1.29 is 19.1 Å². The number of hydrogen-bond acceptors (Lipinski definition) is 4. The summed E-state index contributed by atoms with van der Waals surface area (Å²) in [5.74, 6) is -0.814. The smallest absolute Gasteiger partial charge is 0.310 e. The number of ether oxygens (including phenoxy) is 2. The molecule has 2 bridgehead atoms. The molecule has 0 aromatic rings. The molecule has 0 heterocycles. The van der Waals surface area contributed by atoms with Crippen LogP contribution in [0, 0.1) is 23.7 Å². The van der Waals surface area contributed by atoms with Crippen molar-refractivity contribution >= 4 is 20.7 Å². The van der Waals surface area contributed by atoms with Crippen LogP contribution in [0.4, 0.5) is 0 Å². The van der Waals surface area contributed by atoms with Crippen LogP contribution in [0.25, 0.3) is 0 Å². The van der Waals surface area contributed by atoms with Crippen molar-refractivity contribution in [2.24, 2.45) is 23.7 Å². The minimum atomic E-state index is -0.590. The van der Waals surface area contributed by atoms with Gasteiger partial charge in [-0.25, -0.2) is 0 Å². The Morgan fingerprint density at radius 3 is 2.09 bits per heavy atom. The molecule has 0 aliphatic heterocycles. The third kappa shape index (κ3) is 4.00. The van der Waals surface area contributed by atoms with Gasteiger partial charge < -0.3 is 9.47 Å². The summed E-state index contributed by atoms with van der Waals surface area (Å²) >= 11 is 0. The second-order valence-electron chi connectivity index (χ2n) is 6.87. The number of esters is 2. The van der Waals surface area contributed by atoms with Gasteiger partial charge in [-0.1, -0.05) is 38.2 Å². The van der Waals surface area contributed by atoms with E-state index in [0.717, 1.165) is 19.3 Å². The molecule has 4 unspecified atom stereocenters. The molecular formula is C17H28O4Si. The minimum Gasteiger partial charge on any atom is -0.465 e. The summed E-state index contributed by atoms with van der Waals surface area (Å²) in [5, 5.41) is 0. The van der Waals surface area contributed by atoms with E-state index >= 15 is 0 Å². The number of hydrogen-bond donors (Lipinski definition) is 0. The van der Waals surface area contributed by atoms with Gasteiger partial charge in [0.2, 0.25) is 0 Å². The van der Waals surface area contributed by atoms with Crippen LogP contribution in [0.3, 0.4) is 0 Å². The quantitative estimate of drug-likeness (QED) is 0.298. The summed E-state index contributed by atoms with van der Waals surface area (Å²) in [6.45, 7) is 7.47. The van der Waals surface area contributed by atoms with Crippen molar-refractivity contribution in [1.82, 2.24) is 0 Å². The fourth-order valence-corrected chi connectivity index (χ4v) is 4.51. The van der Waals surface area contributed by atoms with E-state index in [4.69, 9.17) is 9.47 Å². The van der Waals surface area contributed by atoms with E-state index in [2.05, 4.69) is 25.2 Å². The van der Waals surface area contributed by atoms with Crippen LogP contribution in [-0.4, -0.2) is 33.9 Å². The lowest BCUT2D eigenvalue weighted by atomic mass is 9.83. The summed E-state index contributed by atoms with van der Waals surface area (Å²) in [6.07, 6.45) is 6.76. The lowest BCUT2D eigenvalue weighted by Crippen LogP contribution is -2.35. The summed E-state index contributed by atoms with van der Waals surface area (Å²) in [7, 11) is -0.590. The maximum atomic E-state index is 12.4. The zero-order valence-corrected chi connectivity index (χ0v) is 15.1. The first-order valence-corrected chi connectivity index (χ1v) is 11.7. The summed E-state index contributed by atoms with van der Waals surface area (Å²) in [4.78, 5) is 24.7. The van der Waals surface area contributed by atoms with E-state index < -0.39 is 8.80 Å². The SMILES string of the molecule is CCCOC(=O)C1C2C=CC(C2)C1C(=O)OCCC[SiH](C)C. The van der Waals surface area contributed by atoms with E-state index in [0.29, 0.717) is 13.2 Å². The predicted octanol–water partition coefficient (Wildman–Crippen LogP) is 2.80. The fraction of sp³-hybridized carbons (Fsp3) is 0.765. The van der Waals surface area contributed by atoms with Gasteiger partial charge in [0.05, 0.1) is 25.0 Å². The van der Waals surface area contributed by atoms with Crippen LogP contribution in [0.15, 0.2) is 12.2 Å². The highest BCUT2D eigenvalue weighted by atomic mass is 28.3. The molecule has 4 atom stereocenters. The average Bonchev–Trinajstić information content (AvgIpc) is 3.09. The number of carbonyl (C=O) groups excluding carboxylic acids is 2. The van der Waals surface area contributed by atoms with E-state index in [1.54, 1.807) is 0 Å². The van der Waals surface area contributed by atoms with Gasteiger partial charge in [-0.2, -0.15) is 0 Å². The molecule has 0 N–H and O–H groups in total. The Morgan fingerprint density at radius 2 is 1.59 bits per heavy atom. The normalized spacial score (nSPS) is 29.1. The minimum absolute atomic E-state index is 0.148. The van der Waals surface area contributed by atoms with E-state index in [1.807, 2.05) is 6.92 Å². The molecule has 1 fully saturated rings. The van der Waals surface area contributed by atoms with Crippen LogP contribution < -0.4 is 0 Å². The molecule has 2 aliphatic rings. The second kappa shape index (κ2) is 7.95. The average molecular weight is 324 g/mol. The molecule has 0 spiro atoms. The number of fused-ring (bicyclic) bond motifs is 2. The highest BCUT2D eigenvalue weighted by molar-refractivity contribution is 6.55. The van der Waals surface area contributed by atoms with Crippen molar-refractivity contribution in [3.8, 4) is 0 Å². The van der Waals surface area contributed by atoms with Gasteiger partial charge in [-0.05, 0) is 31.1 Å². The van der Waals surface area contributed by atoms with Crippen LogP contribution in [-0.2, 0) is 19.1 Å². The Kier molecular flexibility index (Phi) is 6.23. The molecule has 0 saturated heterocycles. The van der Waals surface area contributed by atoms with Crippen LogP contribution >= 0.6 is 0 Å². The van der Waals surface area contributed by atoms with Crippen molar-refractivity contribution in [2.45, 2.75) is 45.3 Å². The molecule has 0 amide bonds. The third-order valence-corrected chi connectivity index (χ3v) is 6.19. The molecule has 2 aliphatic carbocycles. The van der Waals surface area contributed by atoms with Crippen molar-refractivity contribution in [2.75, 3.05) is 13.2 Å². The van der Waals surface area contributed by atoms with E-state index in [1.165, 1.54) is 6.04 Å². The predicted molar refractivity (Wildman–Crippen MR) is 88.2 cm³/mol. The maximum Gasteiger partial charge on any atom is 0.310 e. The van der Waals surface area contributed by atoms with Gasteiger partial charge in [0.15, 0.2) is 0 Å². The van der Waals surface area contributed by atoms with Gasteiger partial charge in [0.1, 0.15) is 0 Å². The van der Waals surface area contributed by atoms with Gasteiger partial charge >= 0.3 is 11.9 Å². The molecule has 2 rings (SSSR count). The molecule has 0 aromatic carbocycles. The first kappa shape index (κ1) is 17.3. The maximum absolute atomic E-state index is 12.4. The van der Waals surface area contributed by atoms with Crippen molar-refractivity contribution in [1.29, 1.82) is 0 Å². The van der Waals surface area contributed by atoms with Gasteiger partial charge in [0, 0.05) is 8.80 Å². The molecule has 5 heteroatoms. The molecule has 22 heavy (non-hydrogen) atoms. The van der Waals surface area contributed by atoms with Gasteiger partial charge in [-0.3, -0.25) is 9.59 Å². The standard InChI is InChI=1S/C17H28O4Si/c1-4-8-20-16(18)14-12-6-7-13(11-12)15(14)17(19)21-9-5-10-22(2)3/h6-7,12-15,22H,4-5,8-11H2,1-3H3. The van der Waals surface area contributed by atoms with Crippen LogP contribution in [0.2, 0.25) is 19.1 Å². The van der Waals surface area contributed by atoms with Crippen molar-refractivity contribution in [3.63, 3.8) is 0 Å². The molecule has 4 nitrogen and oxygen atoms in total.